The molecule has 0 unspecified atom stereocenters. The highest BCUT2D eigenvalue weighted by Gasteiger charge is 2.19. The van der Waals surface area contributed by atoms with Crippen molar-refractivity contribution < 1.29 is 4.42 Å². The van der Waals surface area contributed by atoms with E-state index in [0.29, 0.717) is 0 Å². The fourth-order valence-electron chi connectivity index (χ4n) is 8.53. The van der Waals surface area contributed by atoms with Crippen molar-refractivity contribution in [3.63, 3.8) is 0 Å². The van der Waals surface area contributed by atoms with E-state index in [0.717, 1.165) is 66.8 Å². The molecule has 0 aliphatic heterocycles. The van der Waals surface area contributed by atoms with Gasteiger partial charge in [-0.15, -0.1) is 0 Å². The summed E-state index contributed by atoms with van der Waals surface area (Å²) in [7, 11) is 0. The summed E-state index contributed by atoms with van der Waals surface area (Å²) in [6, 6.07) is 80.8. The van der Waals surface area contributed by atoms with Crippen molar-refractivity contribution in [3.05, 3.63) is 224 Å². The first-order chi connectivity index (χ1) is 28.7. The summed E-state index contributed by atoms with van der Waals surface area (Å²) >= 11 is 0. The molecule has 11 rings (SSSR count). The predicted molar refractivity (Wildman–Crippen MR) is 245 cm³/mol. The number of fused-ring (bicyclic) bond motifs is 5. The number of para-hydroxylation sites is 3. The first-order valence-corrected chi connectivity index (χ1v) is 19.8. The van der Waals surface area contributed by atoms with E-state index < -0.39 is 0 Å². The average molecular weight is 740 g/mol. The Labute approximate surface area is 337 Å². The van der Waals surface area contributed by atoms with Gasteiger partial charge in [-0.3, -0.25) is 0 Å². The Kier molecular flexibility index (Phi) is 8.19. The van der Waals surface area contributed by atoms with E-state index in [-0.39, 0.29) is 0 Å². The van der Waals surface area contributed by atoms with Crippen LogP contribution in [0.25, 0.3) is 88.0 Å². The molecule has 0 saturated heterocycles. The number of benzene rings is 10. The summed E-state index contributed by atoms with van der Waals surface area (Å²) in [5.74, 6) is 0. The molecule has 0 amide bonds. The van der Waals surface area contributed by atoms with E-state index in [1.54, 1.807) is 0 Å². The van der Waals surface area contributed by atoms with Gasteiger partial charge in [0.05, 0.1) is 5.69 Å². The summed E-state index contributed by atoms with van der Waals surface area (Å²) in [5, 5.41) is 7.22. The number of hydrogen-bond acceptors (Lipinski definition) is 2. The maximum atomic E-state index is 6.45. The van der Waals surface area contributed by atoms with Crippen LogP contribution in [0.15, 0.2) is 229 Å². The Morgan fingerprint density at radius 1 is 0.293 bits per heavy atom. The SMILES string of the molecule is c1cc(-c2ccc3ccccc3c2)cc(-c2ccccc2N(c2ccc(-c3cccc4c3oc3ccccc34)cc2)c2cccc(-c3ccc4ccccc4c3)c2)c1. The number of nitrogens with zero attached hydrogens (tertiary/aromatic N) is 1. The van der Waals surface area contributed by atoms with Crippen LogP contribution in [0.2, 0.25) is 0 Å². The van der Waals surface area contributed by atoms with Gasteiger partial charge in [-0.05, 0) is 110 Å². The Bertz CT molecular complexity index is 3300. The smallest absolute Gasteiger partial charge is 0.143 e. The summed E-state index contributed by atoms with van der Waals surface area (Å²) in [5.41, 5.74) is 14.3. The lowest BCUT2D eigenvalue weighted by atomic mass is 9.95. The van der Waals surface area contributed by atoms with Gasteiger partial charge < -0.3 is 9.32 Å². The zero-order valence-corrected chi connectivity index (χ0v) is 31.7. The van der Waals surface area contributed by atoms with Crippen molar-refractivity contribution >= 4 is 60.5 Å². The van der Waals surface area contributed by atoms with Gasteiger partial charge in [-0.1, -0.05) is 170 Å². The maximum Gasteiger partial charge on any atom is 0.143 e. The molecule has 272 valence electrons. The molecule has 0 saturated carbocycles. The highest BCUT2D eigenvalue weighted by atomic mass is 16.3. The Morgan fingerprint density at radius 3 is 1.59 bits per heavy atom. The van der Waals surface area contributed by atoms with Crippen molar-refractivity contribution in [1.29, 1.82) is 0 Å². The molecule has 0 aliphatic carbocycles. The monoisotopic (exact) mass is 739 g/mol. The van der Waals surface area contributed by atoms with Crippen molar-refractivity contribution in [2.45, 2.75) is 0 Å². The lowest BCUT2D eigenvalue weighted by Gasteiger charge is -2.28. The molecule has 1 aromatic heterocycles. The minimum Gasteiger partial charge on any atom is -0.455 e. The molecule has 11 aromatic rings. The van der Waals surface area contributed by atoms with Crippen molar-refractivity contribution in [2.75, 3.05) is 4.90 Å². The molecule has 58 heavy (non-hydrogen) atoms. The lowest BCUT2D eigenvalue weighted by Crippen LogP contribution is -2.11. The first kappa shape index (κ1) is 33.6. The number of anilines is 3. The van der Waals surface area contributed by atoms with Crippen LogP contribution in [0.4, 0.5) is 17.1 Å². The van der Waals surface area contributed by atoms with E-state index in [2.05, 4.69) is 217 Å². The highest BCUT2D eigenvalue weighted by Crippen LogP contribution is 2.44. The highest BCUT2D eigenvalue weighted by molar-refractivity contribution is 6.09. The Morgan fingerprint density at radius 2 is 0.828 bits per heavy atom. The van der Waals surface area contributed by atoms with E-state index in [9.17, 15) is 0 Å². The molecule has 0 spiro atoms. The zero-order chi connectivity index (χ0) is 38.4. The largest absolute Gasteiger partial charge is 0.455 e. The second kappa shape index (κ2) is 14.1. The van der Waals surface area contributed by atoms with Crippen LogP contribution >= 0.6 is 0 Å². The summed E-state index contributed by atoms with van der Waals surface area (Å²) in [6.07, 6.45) is 0. The third-order valence-electron chi connectivity index (χ3n) is 11.4. The normalized spacial score (nSPS) is 11.4. The van der Waals surface area contributed by atoms with Gasteiger partial charge in [0.2, 0.25) is 0 Å². The van der Waals surface area contributed by atoms with Crippen molar-refractivity contribution in [3.8, 4) is 44.5 Å². The van der Waals surface area contributed by atoms with E-state index in [4.69, 9.17) is 4.42 Å². The van der Waals surface area contributed by atoms with Gasteiger partial charge in [-0.2, -0.15) is 0 Å². The maximum absolute atomic E-state index is 6.45. The van der Waals surface area contributed by atoms with Crippen LogP contribution < -0.4 is 4.90 Å². The minimum atomic E-state index is 0.903. The van der Waals surface area contributed by atoms with E-state index in [1.165, 1.54) is 38.2 Å². The average Bonchev–Trinajstić information content (AvgIpc) is 3.68. The zero-order valence-electron chi connectivity index (χ0n) is 31.7. The molecular formula is C56H37NO. The number of hydrogen-bond donors (Lipinski definition) is 0. The third kappa shape index (κ3) is 6.00. The molecule has 10 aromatic carbocycles. The molecule has 0 atom stereocenters. The Balaban J connectivity index is 1.05. The van der Waals surface area contributed by atoms with Gasteiger partial charge in [0.1, 0.15) is 11.2 Å². The van der Waals surface area contributed by atoms with Crippen LogP contribution in [0.1, 0.15) is 0 Å². The summed E-state index contributed by atoms with van der Waals surface area (Å²) in [6.45, 7) is 0. The van der Waals surface area contributed by atoms with E-state index in [1.807, 2.05) is 12.1 Å². The topological polar surface area (TPSA) is 16.4 Å². The van der Waals surface area contributed by atoms with Crippen LogP contribution in [0.3, 0.4) is 0 Å². The number of rotatable bonds is 7. The lowest BCUT2D eigenvalue weighted by molar-refractivity contribution is 0.670. The molecule has 1 heterocycles. The molecule has 2 nitrogen and oxygen atoms in total. The van der Waals surface area contributed by atoms with Gasteiger partial charge >= 0.3 is 0 Å². The van der Waals surface area contributed by atoms with Crippen molar-refractivity contribution in [2.24, 2.45) is 0 Å². The van der Waals surface area contributed by atoms with Crippen LogP contribution in [0, 0.1) is 0 Å². The quantitative estimate of drug-likeness (QED) is 0.162. The molecule has 0 fully saturated rings. The first-order valence-electron chi connectivity index (χ1n) is 19.8. The molecule has 0 aliphatic rings. The fourth-order valence-corrected chi connectivity index (χ4v) is 8.53. The van der Waals surface area contributed by atoms with Gasteiger partial charge in [0.15, 0.2) is 0 Å². The van der Waals surface area contributed by atoms with Gasteiger partial charge in [0.25, 0.3) is 0 Å². The molecular weight excluding hydrogens is 703 g/mol. The molecule has 0 radical (unpaired) electrons. The second-order valence-electron chi connectivity index (χ2n) is 14.9. The summed E-state index contributed by atoms with van der Waals surface area (Å²) in [4.78, 5) is 2.40. The second-order valence-corrected chi connectivity index (χ2v) is 14.9. The predicted octanol–water partition coefficient (Wildman–Crippen LogP) is 16.0. The standard InChI is InChI=1S/C56H37NO/c1-3-14-41-34-45(28-26-38(41)12-1)43-16-9-18-47(36-43)50-20-5-7-24-54(50)57(49-19-10-17-44(37-49)46-29-27-39-13-2-4-15-42(39)35-46)48-32-30-40(31-33-48)51-22-11-23-53-52-21-6-8-25-55(52)58-56(51)53/h1-37H. The van der Waals surface area contributed by atoms with Crippen LogP contribution in [-0.4, -0.2) is 0 Å². The third-order valence-corrected chi connectivity index (χ3v) is 11.4. The van der Waals surface area contributed by atoms with Gasteiger partial charge in [0, 0.05) is 33.3 Å². The fraction of sp³-hybridized carbons (Fsp3) is 0. The summed E-state index contributed by atoms with van der Waals surface area (Å²) < 4.78 is 6.45. The molecule has 2 heteroatoms. The minimum absolute atomic E-state index is 0.903. The molecule has 0 N–H and O–H groups in total. The van der Waals surface area contributed by atoms with Gasteiger partial charge in [-0.25, -0.2) is 0 Å². The van der Waals surface area contributed by atoms with E-state index >= 15 is 0 Å². The van der Waals surface area contributed by atoms with Crippen LogP contribution in [0.5, 0.6) is 0 Å². The molecule has 0 bridgehead atoms. The Hall–Kier alpha value is -7.68. The van der Waals surface area contributed by atoms with Crippen LogP contribution in [-0.2, 0) is 0 Å². The number of furan rings is 1. The van der Waals surface area contributed by atoms with Crippen molar-refractivity contribution in [1.82, 2.24) is 0 Å².